The minimum atomic E-state index is -0.0527. The molecule has 0 unspecified atom stereocenters. The zero-order chi connectivity index (χ0) is 14.8. The summed E-state index contributed by atoms with van der Waals surface area (Å²) in [6, 6.07) is 10.2. The van der Waals surface area contributed by atoms with E-state index in [1.54, 1.807) is 11.3 Å². The summed E-state index contributed by atoms with van der Waals surface area (Å²) in [5.41, 5.74) is 2.08. The average molecular weight is 290 g/mol. The molecule has 4 heteroatoms. The van der Waals surface area contributed by atoms with E-state index in [1.807, 2.05) is 18.2 Å². The second kappa shape index (κ2) is 5.94. The van der Waals surface area contributed by atoms with Gasteiger partial charge in [-0.3, -0.25) is 0 Å². The third kappa shape index (κ3) is 3.02. The Hall–Kier alpha value is -1.39. The zero-order valence-electron chi connectivity index (χ0n) is 12.6. The fourth-order valence-corrected chi connectivity index (χ4v) is 3.40. The molecule has 1 aromatic carbocycles. The third-order valence-electron chi connectivity index (χ3n) is 3.16. The molecule has 0 saturated carbocycles. The second-order valence-electron chi connectivity index (χ2n) is 5.76. The van der Waals surface area contributed by atoms with Gasteiger partial charge in [0.05, 0.1) is 17.2 Å². The smallest absolute Gasteiger partial charge is 0.190 e. The molecule has 3 nitrogen and oxygen atoms in total. The first-order valence-electron chi connectivity index (χ1n) is 6.91. The van der Waals surface area contributed by atoms with Gasteiger partial charge >= 0.3 is 0 Å². The van der Waals surface area contributed by atoms with Gasteiger partial charge in [-0.05, 0) is 19.1 Å². The number of para-hydroxylation sites is 1. The highest BCUT2D eigenvalue weighted by Gasteiger charge is 2.24. The molecule has 1 aromatic heterocycles. The van der Waals surface area contributed by atoms with Crippen molar-refractivity contribution in [2.45, 2.75) is 39.7 Å². The molecule has 2 aromatic rings. The third-order valence-corrected chi connectivity index (χ3v) is 4.22. The lowest BCUT2D eigenvalue weighted by Gasteiger charge is -2.20. The summed E-state index contributed by atoms with van der Waals surface area (Å²) in [4.78, 5) is 7.92. The van der Waals surface area contributed by atoms with Crippen molar-refractivity contribution in [2.75, 3.05) is 11.4 Å². The molecule has 0 aliphatic heterocycles. The van der Waals surface area contributed by atoms with Crippen LogP contribution in [0.4, 0.5) is 10.8 Å². The summed E-state index contributed by atoms with van der Waals surface area (Å²) in [6.07, 6.45) is 0. The van der Waals surface area contributed by atoms with Crippen LogP contribution in [0.1, 0.15) is 38.3 Å². The van der Waals surface area contributed by atoms with Crippen molar-refractivity contribution in [3.8, 4) is 0 Å². The molecule has 1 N–H and O–H groups in total. The molecule has 0 amide bonds. The molecular weight excluding hydrogens is 268 g/mol. The maximum atomic E-state index is 9.57. The van der Waals surface area contributed by atoms with Crippen molar-refractivity contribution in [1.29, 1.82) is 0 Å². The number of nitrogens with zero attached hydrogens (tertiary/aromatic N) is 2. The quantitative estimate of drug-likeness (QED) is 0.921. The van der Waals surface area contributed by atoms with Crippen LogP contribution in [0.2, 0.25) is 0 Å². The zero-order valence-corrected chi connectivity index (χ0v) is 13.4. The highest BCUT2D eigenvalue weighted by molar-refractivity contribution is 7.15. The Morgan fingerprint density at radius 3 is 2.30 bits per heavy atom. The Kier molecular flexibility index (Phi) is 4.45. The lowest BCUT2D eigenvalue weighted by molar-refractivity contribution is 0.282. The summed E-state index contributed by atoms with van der Waals surface area (Å²) in [5, 5.41) is 10.5. The van der Waals surface area contributed by atoms with Crippen molar-refractivity contribution >= 4 is 22.2 Å². The number of anilines is 2. The molecule has 0 spiro atoms. The summed E-state index contributed by atoms with van der Waals surface area (Å²) in [5.74, 6) is 0. The number of rotatable bonds is 4. The van der Waals surface area contributed by atoms with E-state index in [0.29, 0.717) is 0 Å². The summed E-state index contributed by atoms with van der Waals surface area (Å²) in [7, 11) is 0. The van der Waals surface area contributed by atoms with Crippen LogP contribution in [0.3, 0.4) is 0 Å². The standard InChI is InChI=1S/C16H22N2OS/c1-5-18(12-9-7-6-8-10-12)15-17-14(16(2,3)4)13(11-19)20-15/h6-10,19H,5,11H2,1-4H3. The van der Waals surface area contributed by atoms with Crippen LogP contribution >= 0.6 is 11.3 Å². The number of aromatic nitrogens is 1. The van der Waals surface area contributed by atoms with Crippen LogP contribution < -0.4 is 4.90 Å². The molecule has 1 heterocycles. The molecular formula is C16H22N2OS. The van der Waals surface area contributed by atoms with Crippen LogP contribution in [0.25, 0.3) is 0 Å². The van der Waals surface area contributed by atoms with Crippen LogP contribution in [0.5, 0.6) is 0 Å². The normalized spacial score (nSPS) is 11.7. The highest BCUT2D eigenvalue weighted by Crippen LogP contribution is 2.36. The van der Waals surface area contributed by atoms with Gasteiger partial charge in [-0.1, -0.05) is 50.3 Å². The molecule has 0 radical (unpaired) electrons. The fourth-order valence-electron chi connectivity index (χ4n) is 2.18. The Labute approximate surface area is 124 Å². The van der Waals surface area contributed by atoms with Gasteiger partial charge in [-0.25, -0.2) is 4.98 Å². The van der Waals surface area contributed by atoms with Gasteiger partial charge in [-0.2, -0.15) is 0 Å². The molecule has 0 aliphatic rings. The largest absolute Gasteiger partial charge is 0.391 e. The molecule has 108 valence electrons. The van der Waals surface area contributed by atoms with Gasteiger partial charge in [0, 0.05) is 17.6 Å². The summed E-state index contributed by atoms with van der Waals surface area (Å²) in [6.45, 7) is 9.41. The summed E-state index contributed by atoms with van der Waals surface area (Å²) >= 11 is 1.58. The van der Waals surface area contributed by atoms with E-state index in [9.17, 15) is 5.11 Å². The monoisotopic (exact) mass is 290 g/mol. The first-order chi connectivity index (χ1) is 9.47. The van der Waals surface area contributed by atoms with Gasteiger partial charge < -0.3 is 10.0 Å². The molecule has 20 heavy (non-hydrogen) atoms. The Morgan fingerprint density at radius 2 is 1.85 bits per heavy atom. The first-order valence-corrected chi connectivity index (χ1v) is 7.72. The maximum Gasteiger partial charge on any atom is 0.190 e. The van der Waals surface area contributed by atoms with Crippen LogP contribution in [-0.2, 0) is 12.0 Å². The van der Waals surface area contributed by atoms with Crippen molar-refractivity contribution in [1.82, 2.24) is 4.98 Å². The van der Waals surface area contributed by atoms with Gasteiger partial charge in [-0.15, -0.1) is 0 Å². The number of hydrogen-bond donors (Lipinski definition) is 1. The van der Waals surface area contributed by atoms with Crippen molar-refractivity contribution in [3.63, 3.8) is 0 Å². The predicted molar refractivity (Wildman–Crippen MR) is 85.9 cm³/mol. The molecule has 0 saturated heterocycles. The molecule has 0 bridgehead atoms. The lowest BCUT2D eigenvalue weighted by atomic mass is 9.91. The topological polar surface area (TPSA) is 36.4 Å². The van der Waals surface area contributed by atoms with Crippen LogP contribution in [0.15, 0.2) is 30.3 Å². The van der Waals surface area contributed by atoms with E-state index < -0.39 is 0 Å². The van der Waals surface area contributed by atoms with Crippen LogP contribution in [-0.4, -0.2) is 16.6 Å². The highest BCUT2D eigenvalue weighted by atomic mass is 32.1. The van der Waals surface area contributed by atoms with E-state index in [1.165, 1.54) is 0 Å². The van der Waals surface area contributed by atoms with Gasteiger partial charge in [0.25, 0.3) is 0 Å². The Balaban J connectivity index is 2.44. The van der Waals surface area contributed by atoms with Gasteiger partial charge in [0.1, 0.15) is 0 Å². The maximum absolute atomic E-state index is 9.57. The van der Waals surface area contributed by atoms with Gasteiger partial charge in [0.15, 0.2) is 5.13 Å². The number of aliphatic hydroxyl groups excluding tert-OH is 1. The Morgan fingerprint density at radius 1 is 1.20 bits per heavy atom. The van der Waals surface area contributed by atoms with E-state index in [4.69, 9.17) is 4.98 Å². The van der Waals surface area contributed by atoms with Crippen molar-refractivity contribution in [2.24, 2.45) is 0 Å². The summed E-state index contributed by atoms with van der Waals surface area (Å²) < 4.78 is 0. The van der Waals surface area contributed by atoms with Crippen LogP contribution in [0, 0.1) is 0 Å². The molecule has 0 fully saturated rings. The van der Waals surface area contributed by atoms with E-state index in [2.05, 4.69) is 44.7 Å². The first kappa shape index (κ1) is 15.0. The SMILES string of the molecule is CCN(c1ccccc1)c1nc(C(C)(C)C)c(CO)s1. The second-order valence-corrected chi connectivity index (χ2v) is 6.82. The van der Waals surface area contributed by atoms with Gasteiger partial charge in [0.2, 0.25) is 0 Å². The van der Waals surface area contributed by atoms with E-state index in [-0.39, 0.29) is 12.0 Å². The minimum absolute atomic E-state index is 0.0522. The predicted octanol–water partition coefficient (Wildman–Crippen LogP) is 4.09. The number of aliphatic hydroxyl groups is 1. The number of thiazole rings is 1. The van der Waals surface area contributed by atoms with E-state index in [0.717, 1.165) is 27.9 Å². The van der Waals surface area contributed by atoms with Crippen molar-refractivity contribution < 1.29 is 5.11 Å². The number of benzene rings is 1. The molecule has 2 rings (SSSR count). The molecule has 0 aliphatic carbocycles. The fraction of sp³-hybridized carbons (Fsp3) is 0.438. The number of hydrogen-bond acceptors (Lipinski definition) is 4. The lowest BCUT2D eigenvalue weighted by Crippen LogP contribution is -2.17. The average Bonchev–Trinajstić information content (AvgIpc) is 2.85. The Bertz CT molecular complexity index is 558. The minimum Gasteiger partial charge on any atom is -0.391 e. The van der Waals surface area contributed by atoms with E-state index >= 15 is 0 Å². The van der Waals surface area contributed by atoms with Crippen molar-refractivity contribution in [3.05, 3.63) is 40.9 Å². The molecule has 0 atom stereocenters.